The largest absolute Gasteiger partial charge is 0.437 e. The molecule has 0 aliphatic carbocycles. The van der Waals surface area contributed by atoms with Gasteiger partial charge in [-0.3, -0.25) is 0 Å². The van der Waals surface area contributed by atoms with Crippen molar-refractivity contribution < 1.29 is 4.42 Å². The molecule has 0 aliphatic rings. The summed E-state index contributed by atoms with van der Waals surface area (Å²) in [7, 11) is 2.10. The summed E-state index contributed by atoms with van der Waals surface area (Å²) in [4.78, 5) is 4.28. The Morgan fingerprint density at radius 2 is 1.83 bits per heavy atom. The van der Waals surface area contributed by atoms with Crippen LogP contribution in [0.25, 0.3) is 32.8 Å². The number of pyridine rings is 1. The van der Waals surface area contributed by atoms with Crippen LogP contribution in [0, 0.1) is 0 Å². The van der Waals surface area contributed by atoms with Crippen LogP contribution in [0.4, 0.5) is 0 Å². The Morgan fingerprint density at radius 3 is 2.78 bits per heavy atom. The molecule has 2 aromatic heterocycles. The summed E-state index contributed by atoms with van der Waals surface area (Å²) in [6, 6.07) is 14.7. The molecule has 0 radical (unpaired) electrons. The van der Waals surface area contributed by atoms with Crippen LogP contribution < -0.4 is 5.46 Å². The van der Waals surface area contributed by atoms with Crippen molar-refractivity contribution in [3.05, 3.63) is 48.7 Å². The van der Waals surface area contributed by atoms with Gasteiger partial charge in [0.25, 0.3) is 0 Å². The highest BCUT2D eigenvalue weighted by molar-refractivity contribution is 6.33. The summed E-state index contributed by atoms with van der Waals surface area (Å²) in [5, 5.41) is 4.57. The second-order valence-electron chi connectivity index (χ2n) is 4.63. The van der Waals surface area contributed by atoms with Gasteiger partial charge in [-0.1, -0.05) is 29.7 Å². The van der Waals surface area contributed by atoms with Crippen LogP contribution in [0.2, 0.25) is 0 Å². The van der Waals surface area contributed by atoms with E-state index in [-0.39, 0.29) is 0 Å². The van der Waals surface area contributed by atoms with E-state index < -0.39 is 0 Å². The molecule has 0 amide bonds. The van der Waals surface area contributed by atoms with Crippen LogP contribution in [-0.2, 0) is 0 Å². The molecule has 2 heterocycles. The number of rotatable bonds is 0. The van der Waals surface area contributed by atoms with Crippen LogP contribution in [0.3, 0.4) is 0 Å². The molecule has 0 unspecified atom stereocenters. The lowest BCUT2D eigenvalue weighted by Crippen LogP contribution is -1.99. The van der Waals surface area contributed by atoms with Crippen molar-refractivity contribution in [1.82, 2.24) is 4.98 Å². The molecular weight excluding hydrogens is 221 g/mol. The van der Waals surface area contributed by atoms with E-state index >= 15 is 0 Å². The highest BCUT2D eigenvalue weighted by Gasteiger charge is 2.10. The molecule has 3 heteroatoms. The van der Waals surface area contributed by atoms with E-state index in [0.717, 1.165) is 21.7 Å². The van der Waals surface area contributed by atoms with Crippen LogP contribution in [-0.4, -0.2) is 12.8 Å². The van der Waals surface area contributed by atoms with Crippen molar-refractivity contribution in [2.75, 3.05) is 0 Å². The first-order chi connectivity index (χ1) is 8.83. The van der Waals surface area contributed by atoms with Crippen molar-refractivity contribution in [2.45, 2.75) is 0 Å². The van der Waals surface area contributed by atoms with Gasteiger partial charge in [0.15, 0.2) is 0 Å². The van der Waals surface area contributed by atoms with Gasteiger partial charge in [-0.15, -0.1) is 0 Å². The Hall–Kier alpha value is -2.29. The fraction of sp³-hybridized carbons (Fsp3) is 0. The third kappa shape index (κ3) is 1.22. The van der Waals surface area contributed by atoms with Gasteiger partial charge in [-0.25, -0.2) is 4.98 Å². The lowest BCUT2D eigenvalue weighted by Gasteiger charge is -1.99. The minimum absolute atomic E-state index is 0.709. The lowest BCUT2D eigenvalue weighted by molar-refractivity contribution is 0.657. The van der Waals surface area contributed by atoms with Crippen molar-refractivity contribution >= 4 is 46.2 Å². The highest BCUT2D eigenvalue weighted by atomic mass is 16.3. The zero-order valence-electron chi connectivity index (χ0n) is 9.97. The van der Waals surface area contributed by atoms with Gasteiger partial charge in [0.1, 0.15) is 13.4 Å². The second-order valence-corrected chi connectivity index (χ2v) is 4.63. The number of furan rings is 1. The molecule has 0 atom stereocenters. The Kier molecular flexibility index (Phi) is 1.81. The molecule has 2 aromatic carbocycles. The molecular formula is C15H10BNO. The molecule has 84 valence electrons. The third-order valence-corrected chi connectivity index (χ3v) is 3.39. The Balaban J connectivity index is 2.28. The van der Waals surface area contributed by atoms with Gasteiger partial charge >= 0.3 is 0 Å². The minimum Gasteiger partial charge on any atom is -0.437 e. The first-order valence-electron chi connectivity index (χ1n) is 5.99. The summed E-state index contributed by atoms with van der Waals surface area (Å²) in [6.45, 7) is 0. The predicted molar refractivity (Wildman–Crippen MR) is 77.2 cm³/mol. The summed E-state index contributed by atoms with van der Waals surface area (Å²) in [5.41, 5.74) is 2.90. The standard InChI is InChI=1S/C15H10BNO/c16-10-4-6-11-9(8-10)3-5-12-13-2-1-7-17-15(13)18-14(11)12/h1-8H,16H2. The molecule has 0 fully saturated rings. The van der Waals surface area contributed by atoms with Crippen LogP contribution in [0.1, 0.15) is 0 Å². The molecule has 0 saturated heterocycles. The smallest absolute Gasteiger partial charge is 0.227 e. The first-order valence-corrected chi connectivity index (χ1v) is 5.99. The van der Waals surface area contributed by atoms with E-state index in [2.05, 4.69) is 43.2 Å². The summed E-state index contributed by atoms with van der Waals surface area (Å²) < 4.78 is 5.89. The zero-order chi connectivity index (χ0) is 12.1. The molecule has 0 saturated carbocycles. The number of hydrogen-bond donors (Lipinski definition) is 0. The molecule has 2 nitrogen and oxygen atoms in total. The van der Waals surface area contributed by atoms with Crippen molar-refractivity contribution in [1.29, 1.82) is 0 Å². The summed E-state index contributed by atoms with van der Waals surface area (Å²) >= 11 is 0. The van der Waals surface area contributed by atoms with Crippen LogP contribution in [0.5, 0.6) is 0 Å². The quantitative estimate of drug-likeness (QED) is 0.434. The van der Waals surface area contributed by atoms with Gasteiger partial charge in [-0.05, 0) is 23.6 Å². The van der Waals surface area contributed by atoms with E-state index in [1.54, 1.807) is 6.20 Å². The maximum Gasteiger partial charge on any atom is 0.227 e. The van der Waals surface area contributed by atoms with E-state index in [1.165, 1.54) is 10.8 Å². The maximum absolute atomic E-state index is 5.89. The van der Waals surface area contributed by atoms with E-state index in [4.69, 9.17) is 4.42 Å². The van der Waals surface area contributed by atoms with Gasteiger partial charge in [-0.2, -0.15) is 0 Å². The number of aromatic nitrogens is 1. The molecule has 0 N–H and O–H groups in total. The summed E-state index contributed by atoms with van der Waals surface area (Å²) in [6.07, 6.45) is 1.76. The first kappa shape index (κ1) is 9.72. The maximum atomic E-state index is 5.89. The monoisotopic (exact) mass is 231 g/mol. The Bertz CT molecular complexity index is 895. The highest BCUT2D eigenvalue weighted by Crippen LogP contribution is 2.32. The van der Waals surface area contributed by atoms with Crippen LogP contribution in [0.15, 0.2) is 53.1 Å². The van der Waals surface area contributed by atoms with E-state index in [0.29, 0.717) is 5.71 Å². The van der Waals surface area contributed by atoms with Gasteiger partial charge in [0, 0.05) is 22.4 Å². The predicted octanol–water partition coefficient (Wildman–Crippen LogP) is 2.39. The van der Waals surface area contributed by atoms with Crippen molar-refractivity contribution in [2.24, 2.45) is 0 Å². The molecule has 4 aromatic rings. The fourth-order valence-corrected chi connectivity index (χ4v) is 2.52. The van der Waals surface area contributed by atoms with Crippen molar-refractivity contribution in [3.63, 3.8) is 0 Å². The zero-order valence-corrected chi connectivity index (χ0v) is 9.97. The molecule has 0 bridgehead atoms. The average Bonchev–Trinajstić information content (AvgIpc) is 2.77. The molecule has 18 heavy (non-hydrogen) atoms. The fourth-order valence-electron chi connectivity index (χ4n) is 2.52. The number of nitrogens with zero attached hydrogens (tertiary/aromatic N) is 1. The second kappa shape index (κ2) is 3.36. The van der Waals surface area contributed by atoms with Gasteiger partial charge < -0.3 is 4.42 Å². The lowest BCUT2D eigenvalue weighted by atomic mass is 9.93. The topological polar surface area (TPSA) is 26.0 Å². The number of hydrogen-bond acceptors (Lipinski definition) is 2. The number of benzene rings is 2. The SMILES string of the molecule is Bc1ccc2c(ccc3c4cccnc4oc23)c1. The molecule has 0 aliphatic heterocycles. The summed E-state index contributed by atoms with van der Waals surface area (Å²) in [5.74, 6) is 0. The molecule has 4 rings (SSSR count). The van der Waals surface area contributed by atoms with Crippen LogP contribution >= 0.6 is 0 Å². The number of fused-ring (bicyclic) bond motifs is 5. The van der Waals surface area contributed by atoms with E-state index in [1.807, 2.05) is 12.1 Å². The molecule has 0 spiro atoms. The third-order valence-electron chi connectivity index (χ3n) is 3.39. The van der Waals surface area contributed by atoms with Crippen molar-refractivity contribution in [3.8, 4) is 0 Å². The Morgan fingerprint density at radius 1 is 0.944 bits per heavy atom. The Labute approximate surface area is 105 Å². The van der Waals surface area contributed by atoms with Gasteiger partial charge in [0.2, 0.25) is 5.71 Å². The normalized spacial score (nSPS) is 11.6. The van der Waals surface area contributed by atoms with Gasteiger partial charge in [0.05, 0.1) is 0 Å². The minimum atomic E-state index is 0.709. The average molecular weight is 231 g/mol. The van der Waals surface area contributed by atoms with E-state index in [9.17, 15) is 0 Å².